The molecule has 0 saturated heterocycles. The minimum Gasteiger partial charge on any atom is -0.316 e. The molecule has 0 amide bonds. The molecular formula is C12H18BrNS. The van der Waals surface area contributed by atoms with Gasteiger partial charge in [-0.1, -0.05) is 13.8 Å². The van der Waals surface area contributed by atoms with Gasteiger partial charge >= 0.3 is 0 Å². The van der Waals surface area contributed by atoms with Gasteiger partial charge in [0.15, 0.2) is 0 Å². The maximum absolute atomic E-state index is 3.55. The van der Waals surface area contributed by atoms with Crippen molar-refractivity contribution in [2.45, 2.75) is 26.2 Å². The van der Waals surface area contributed by atoms with Crippen molar-refractivity contribution < 1.29 is 0 Å². The summed E-state index contributed by atoms with van der Waals surface area (Å²) < 4.78 is 1.26. The minimum absolute atomic E-state index is 0.762. The van der Waals surface area contributed by atoms with E-state index in [1.165, 1.54) is 16.8 Å². The molecule has 15 heavy (non-hydrogen) atoms. The van der Waals surface area contributed by atoms with Gasteiger partial charge in [0, 0.05) is 4.88 Å². The van der Waals surface area contributed by atoms with Gasteiger partial charge in [-0.2, -0.15) is 0 Å². The first-order chi connectivity index (χ1) is 7.16. The molecule has 1 aliphatic carbocycles. The van der Waals surface area contributed by atoms with Crippen LogP contribution in [0.15, 0.2) is 15.9 Å². The summed E-state index contributed by atoms with van der Waals surface area (Å²) in [6.45, 7) is 6.86. The smallest absolute Gasteiger partial charge is 0.0701 e. The average Bonchev–Trinajstić information content (AvgIpc) is 2.80. The summed E-state index contributed by atoms with van der Waals surface area (Å²) >= 11 is 5.41. The zero-order valence-electron chi connectivity index (χ0n) is 9.29. The van der Waals surface area contributed by atoms with Crippen LogP contribution in [0.5, 0.6) is 0 Å². The lowest BCUT2D eigenvalue weighted by Gasteiger charge is -2.06. The Bertz CT molecular complexity index is 321. The molecule has 2 rings (SSSR count). The fourth-order valence-electron chi connectivity index (χ4n) is 1.91. The highest BCUT2D eigenvalue weighted by Crippen LogP contribution is 2.49. The first kappa shape index (κ1) is 11.6. The molecule has 0 bridgehead atoms. The largest absolute Gasteiger partial charge is 0.316 e. The quantitative estimate of drug-likeness (QED) is 0.867. The molecule has 3 heteroatoms. The van der Waals surface area contributed by atoms with E-state index in [2.05, 4.69) is 47.2 Å². The summed E-state index contributed by atoms with van der Waals surface area (Å²) in [4.78, 5) is 1.55. The number of hydrogen-bond acceptors (Lipinski definition) is 2. The third-order valence-electron chi connectivity index (χ3n) is 2.84. The van der Waals surface area contributed by atoms with Gasteiger partial charge in [0.1, 0.15) is 0 Å². The molecular weight excluding hydrogens is 270 g/mol. The van der Waals surface area contributed by atoms with Crippen LogP contribution < -0.4 is 5.32 Å². The Balaban J connectivity index is 1.72. The molecule has 1 aromatic heterocycles. The lowest BCUT2D eigenvalue weighted by Crippen LogP contribution is -2.22. The molecule has 0 aromatic carbocycles. The number of rotatable bonds is 5. The molecule has 1 saturated carbocycles. The van der Waals surface area contributed by atoms with Gasteiger partial charge in [0.2, 0.25) is 0 Å². The van der Waals surface area contributed by atoms with Crippen LogP contribution in [0.3, 0.4) is 0 Å². The summed E-state index contributed by atoms with van der Waals surface area (Å²) in [6.07, 6.45) is 1.37. The third-order valence-corrected chi connectivity index (χ3v) is 4.60. The van der Waals surface area contributed by atoms with E-state index in [1.807, 2.05) is 11.3 Å². The highest BCUT2D eigenvalue weighted by atomic mass is 79.9. The maximum atomic E-state index is 3.55. The van der Waals surface area contributed by atoms with E-state index in [9.17, 15) is 0 Å². The van der Waals surface area contributed by atoms with E-state index < -0.39 is 0 Å². The standard InChI is InChI=1S/C12H18BrNS/c1-8(2)6-14-7-9-5-10(9)11-3-4-12(13)15-11/h3-4,8-10,14H,5-7H2,1-2H3. The molecule has 2 atom stereocenters. The van der Waals surface area contributed by atoms with Gasteiger partial charge in [-0.3, -0.25) is 0 Å². The van der Waals surface area contributed by atoms with Crippen molar-refractivity contribution in [3.05, 3.63) is 20.8 Å². The summed E-state index contributed by atoms with van der Waals surface area (Å²) in [5, 5.41) is 3.55. The van der Waals surface area contributed by atoms with Crippen molar-refractivity contribution in [3.8, 4) is 0 Å². The van der Waals surface area contributed by atoms with Gasteiger partial charge in [0.05, 0.1) is 3.79 Å². The molecule has 0 spiro atoms. The van der Waals surface area contributed by atoms with Crippen molar-refractivity contribution in [2.75, 3.05) is 13.1 Å². The molecule has 0 radical (unpaired) electrons. The molecule has 84 valence electrons. The van der Waals surface area contributed by atoms with Crippen LogP contribution in [0.25, 0.3) is 0 Å². The summed E-state index contributed by atoms with van der Waals surface area (Å²) in [6, 6.07) is 4.43. The molecule has 1 aromatic rings. The van der Waals surface area contributed by atoms with Gasteiger partial charge in [-0.15, -0.1) is 11.3 Å². The lowest BCUT2D eigenvalue weighted by molar-refractivity contribution is 0.533. The van der Waals surface area contributed by atoms with Crippen LogP contribution in [0.1, 0.15) is 31.1 Å². The summed E-state index contributed by atoms with van der Waals surface area (Å²) in [7, 11) is 0. The highest BCUT2D eigenvalue weighted by molar-refractivity contribution is 9.11. The van der Waals surface area contributed by atoms with E-state index in [4.69, 9.17) is 0 Å². The molecule has 1 heterocycles. The van der Waals surface area contributed by atoms with Crippen LogP contribution >= 0.6 is 27.3 Å². The number of thiophene rings is 1. The first-order valence-electron chi connectivity index (χ1n) is 5.62. The van der Waals surface area contributed by atoms with Crippen molar-refractivity contribution in [2.24, 2.45) is 11.8 Å². The summed E-state index contributed by atoms with van der Waals surface area (Å²) in [5.41, 5.74) is 0. The fraction of sp³-hybridized carbons (Fsp3) is 0.667. The fourth-order valence-corrected chi connectivity index (χ4v) is 3.54. The van der Waals surface area contributed by atoms with E-state index in [1.54, 1.807) is 4.88 Å². The molecule has 2 unspecified atom stereocenters. The van der Waals surface area contributed by atoms with Gasteiger partial charge in [-0.05, 0) is 65.3 Å². The SMILES string of the molecule is CC(C)CNCC1CC1c1ccc(Br)s1. The van der Waals surface area contributed by atoms with Crippen LogP contribution in [0.4, 0.5) is 0 Å². The monoisotopic (exact) mass is 287 g/mol. The van der Waals surface area contributed by atoms with Crippen molar-refractivity contribution >= 4 is 27.3 Å². The second kappa shape index (κ2) is 4.98. The second-order valence-corrected chi connectivity index (χ2v) is 7.29. The molecule has 1 fully saturated rings. The van der Waals surface area contributed by atoms with Crippen LogP contribution in [-0.4, -0.2) is 13.1 Å². The number of nitrogens with one attached hydrogen (secondary N) is 1. The van der Waals surface area contributed by atoms with E-state index in [-0.39, 0.29) is 0 Å². The minimum atomic E-state index is 0.762. The molecule has 0 aliphatic heterocycles. The van der Waals surface area contributed by atoms with Crippen LogP contribution in [0.2, 0.25) is 0 Å². The second-order valence-electron chi connectivity index (χ2n) is 4.80. The van der Waals surface area contributed by atoms with Crippen LogP contribution in [0, 0.1) is 11.8 Å². The molecule has 1 aliphatic rings. The zero-order chi connectivity index (χ0) is 10.8. The maximum Gasteiger partial charge on any atom is 0.0701 e. The van der Waals surface area contributed by atoms with Crippen molar-refractivity contribution in [1.82, 2.24) is 5.32 Å². The predicted molar refractivity (Wildman–Crippen MR) is 70.6 cm³/mol. The van der Waals surface area contributed by atoms with Crippen LogP contribution in [-0.2, 0) is 0 Å². The number of halogens is 1. The highest BCUT2D eigenvalue weighted by Gasteiger charge is 2.38. The third kappa shape index (κ3) is 3.30. The van der Waals surface area contributed by atoms with E-state index in [0.717, 1.165) is 24.3 Å². The molecule has 1 nitrogen and oxygen atoms in total. The lowest BCUT2D eigenvalue weighted by atomic mass is 10.2. The Kier molecular flexibility index (Phi) is 3.86. The Morgan fingerprint density at radius 2 is 2.33 bits per heavy atom. The average molecular weight is 288 g/mol. The Morgan fingerprint density at radius 3 is 2.93 bits per heavy atom. The van der Waals surface area contributed by atoms with Gasteiger partial charge < -0.3 is 5.32 Å². The Morgan fingerprint density at radius 1 is 1.53 bits per heavy atom. The topological polar surface area (TPSA) is 12.0 Å². The predicted octanol–water partition coefficient (Wildman–Crippen LogP) is 3.86. The first-order valence-corrected chi connectivity index (χ1v) is 7.23. The summed E-state index contributed by atoms with van der Waals surface area (Å²) in [5.74, 6) is 2.48. The van der Waals surface area contributed by atoms with Crippen molar-refractivity contribution in [3.63, 3.8) is 0 Å². The number of hydrogen-bond donors (Lipinski definition) is 1. The Hall–Kier alpha value is 0.140. The van der Waals surface area contributed by atoms with E-state index >= 15 is 0 Å². The normalized spacial score (nSPS) is 24.8. The van der Waals surface area contributed by atoms with Crippen molar-refractivity contribution in [1.29, 1.82) is 0 Å². The molecule has 1 N–H and O–H groups in total. The van der Waals surface area contributed by atoms with Gasteiger partial charge in [0.25, 0.3) is 0 Å². The van der Waals surface area contributed by atoms with E-state index in [0.29, 0.717) is 0 Å². The zero-order valence-corrected chi connectivity index (χ0v) is 11.7. The Labute approximate surface area is 104 Å². The van der Waals surface area contributed by atoms with Gasteiger partial charge in [-0.25, -0.2) is 0 Å².